The second-order valence-electron chi connectivity index (χ2n) is 6.19. The Balaban J connectivity index is 0.000000701. The fourth-order valence-corrected chi connectivity index (χ4v) is 2.99. The Bertz CT molecular complexity index is 668. The van der Waals surface area contributed by atoms with Gasteiger partial charge in [-0.15, -0.1) is 6.54 Å². The fourth-order valence-electron chi connectivity index (χ4n) is 2.99. The summed E-state index contributed by atoms with van der Waals surface area (Å²) in [7, 11) is 1.25. The third-order valence-corrected chi connectivity index (χ3v) is 4.17. The summed E-state index contributed by atoms with van der Waals surface area (Å²) in [5.41, 5.74) is 4.69. The van der Waals surface area contributed by atoms with Gasteiger partial charge in [0.05, 0.1) is 5.69 Å². The van der Waals surface area contributed by atoms with E-state index >= 15 is 0 Å². The predicted octanol–water partition coefficient (Wildman–Crippen LogP) is 7.16. The van der Waals surface area contributed by atoms with Crippen LogP contribution in [-0.4, -0.2) is 18.3 Å². The minimum absolute atomic E-state index is 0.239. The summed E-state index contributed by atoms with van der Waals surface area (Å²) in [4.78, 5) is 5.05. The first-order valence-electron chi connectivity index (χ1n) is 8.39. The number of nitrogens with zero attached hydrogens (tertiary/aromatic N) is 2. The molecule has 1 fully saturated rings. The number of aliphatic imine (C=N–C) groups is 1. The Morgan fingerprint density at radius 2 is 1.72 bits per heavy atom. The predicted molar refractivity (Wildman–Crippen MR) is 112 cm³/mol. The van der Waals surface area contributed by atoms with E-state index in [4.69, 9.17) is 10.3 Å². The molecule has 0 aromatic heterocycles. The minimum atomic E-state index is 0.239. The first-order valence-corrected chi connectivity index (χ1v) is 13.3. The summed E-state index contributed by atoms with van der Waals surface area (Å²) in [6, 6.07) is 19.2. The summed E-state index contributed by atoms with van der Waals surface area (Å²) < 4.78 is 0. The number of rotatable bonds is 4. The maximum absolute atomic E-state index is 5.05. The molecule has 3 rings (SSSR count). The molecular weight excluding hydrogens is 487 g/mol. The fraction of sp³-hybridized carbons (Fsp3) is 0.350. The van der Waals surface area contributed by atoms with Crippen LogP contribution in [0.5, 0.6) is 0 Å². The van der Waals surface area contributed by atoms with Crippen LogP contribution in [0.2, 0.25) is 0 Å². The molecule has 137 valence electrons. The van der Waals surface area contributed by atoms with Crippen molar-refractivity contribution < 1.29 is 10.9 Å². The van der Waals surface area contributed by atoms with Gasteiger partial charge < -0.3 is 5.32 Å². The summed E-state index contributed by atoms with van der Waals surface area (Å²) in [5, 5.41) is 4.75. The molecule has 1 atom stereocenters. The summed E-state index contributed by atoms with van der Waals surface area (Å²) in [6.07, 6.45) is 2.28. The SMILES string of the molecule is CC(C)c1ccccc1N=C(c1ccccc1)C1CCC[N-]1.[Br][Ni+][Br]. The Kier molecular flexibility index (Phi) is 9.40. The van der Waals surface area contributed by atoms with E-state index in [-0.39, 0.29) is 6.04 Å². The van der Waals surface area contributed by atoms with Crippen LogP contribution in [0.4, 0.5) is 5.69 Å². The quantitative estimate of drug-likeness (QED) is 0.309. The van der Waals surface area contributed by atoms with E-state index in [1.807, 2.05) is 0 Å². The van der Waals surface area contributed by atoms with Crippen molar-refractivity contribution in [3.63, 3.8) is 0 Å². The molecule has 0 amide bonds. The second-order valence-corrected chi connectivity index (χ2v) is 11.2. The van der Waals surface area contributed by atoms with Crippen LogP contribution in [0, 0.1) is 0 Å². The summed E-state index contributed by atoms with van der Waals surface area (Å²) >= 11 is 6.00. The standard InChI is InChI=1S/C20H23N2.2BrH.Ni/c1-15(2)17-11-6-7-12-18(17)22-20(19-13-8-14-21-19)16-9-4-3-5-10-16;;;/h3-7,9-12,15,19H,8,13-14H2,1-2H3;2*1H;/q-1;;;+3/p-2. The van der Waals surface area contributed by atoms with Crippen molar-refractivity contribution in [2.24, 2.45) is 4.99 Å². The van der Waals surface area contributed by atoms with Crippen molar-refractivity contribution in [2.75, 3.05) is 6.54 Å². The molecule has 0 N–H and O–H groups in total. The monoisotopic (exact) mass is 507 g/mol. The molecule has 0 spiro atoms. The average Bonchev–Trinajstić information content (AvgIpc) is 3.15. The van der Waals surface area contributed by atoms with Gasteiger partial charge in [-0.3, -0.25) is 4.99 Å². The van der Waals surface area contributed by atoms with Crippen LogP contribution in [0.1, 0.15) is 43.7 Å². The second kappa shape index (κ2) is 11.3. The first kappa shape index (κ1) is 20.8. The molecule has 2 aromatic carbocycles. The van der Waals surface area contributed by atoms with Gasteiger partial charge >= 0.3 is 39.3 Å². The third kappa shape index (κ3) is 6.32. The van der Waals surface area contributed by atoms with Gasteiger partial charge in [-0.05, 0) is 23.1 Å². The Labute approximate surface area is 171 Å². The molecule has 0 radical (unpaired) electrons. The molecule has 2 nitrogen and oxygen atoms in total. The molecule has 1 unspecified atom stereocenters. The topological polar surface area (TPSA) is 26.5 Å². The van der Waals surface area contributed by atoms with Gasteiger partial charge in [0.15, 0.2) is 0 Å². The van der Waals surface area contributed by atoms with Crippen LogP contribution in [0.15, 0.2) is 59.6 Å². The van der Waals surface area contributed by atoms with E-state index in [9.17, 15) is 0 Å². The van der Waals surface area contributed by atoms with Gasteiger partial charge in [-0.25, -0.2) is 0 Å². The van der Waals surface area contributed by atoms with Gasteiger partial charge in [-0.1, -0.05) is 81.3 Å². The molecule has 0 saturated carbocycles. The number of benzene rings is 2. The zero-order chi connectivity index (χ0) is 18.1. The molecule has 1 aliphatic rings. The molecule has 1 saturated heterocycles. The van der Waals surface area contributed by atoms with E-state index in [1.54, 1.807) is 0 Å². The molecule has 0 aliphatic carbocycles. The summed E-state index contributed by atoms with van der Waals surface area (Å²) in [6.45, 7) is 5.40. The van der Waals surface area contributed by atoms with Crippen molar-refractivity contribution in [3.8, 4) is 0 Å². The number of para-hydroxylation sites is 1. The molecular formula is C20H23Br2N2Ni. The zero-order valence-electron chi connectivity index (χ0n) is 14.4. The van der Waals surface area contributed by atoms with Crippen molar-refractivity contribution in [2.45, 2.75) is 38.6 Å². The summed E-state index contributed by atoms with van der Waals surface area (Å²) in [5.74, 6) is 0.470. The van der Waals surface area contributed by atoms with Crippen molar-refractivity contribution in [1.29, 1.82) is 0 Å². The molecule has 0 bridgehead atoms. The van der Waals surface area contributed by atoms with Gasteiger partial charge in [-0.2, -0.15) is 0 Å². The zero-order valence-corrected chi connectivity index (χ0v) is 18.6. The van der Waals surface area contributed by atoms with Gasteiger partial charge in [0.25, 0.3) is 0 Å². The van der Waals surface area contributed by atoms with E-state index in [0.29, 0.717) is 5.92 Å². The first-order chi connectivity index (χ1) is 12.2. The third-order valence-electron chi connectivity index (χ3n) is 4.17. The average molecular weight is 510 g/mol. The molecule has 1 heterocycles. The maximum atomic E-state index is 5.05. The molecule has 5 heteroatoms. The van der Waals surface area contributed by atoms with Gasteiger partial charge in [0.1, 0.15) is 0 Å². The van der Waals surface area contributed by atoms with Crippen LogP contribution < -0.4 is 0 Å². The van der Waals surface area contributed by atoms with Crippen LogP contribution in [0.3, 0.4) is 0 Å². The van der Waals surface area contributed by atoms with Gasteiger partial charge in [0, 0.05) is 5.71 Å². The molecule has 2 aromatic rings. The van der Waals surface area contributed by atoms with E-state index in [0.717, 1.165) is 24.4 Å². The molecule has 1 aliphatic heterocycles. The van der Waals surface area contributed by atoms with Crippen molar-refractivity contribution in [3.05, 3.63) is 71.0 Å². The Morgan fingerprint density at radius 1 is 1.08 bits per heavy atom. The van der Waals surface area contributed by atoms with E-state index in [1.165, 1.54) is 28.4 Å². The van der Waals surface area contributed by atoms with Crippen molar-refractivity contribution >= 4 is 39.9 Å². The molecule has 25 heavy (non-hydrogen) atoms. The number of hydrogen-bond donors (Lipinski definition) is 0. The van der Waals surface area contributed by atoms with E-state index < -0.39 is 0 Å². The van der Waals surface area contributed by atoms with Crippen LogP contribution in [-0.2, 0) is 10.9 Å². The number of hydrogen-bond acceptors (Lipinski definition) is 1. The van der Waals surface area contributed by atoms with Crippen molar-refractivity contribution in [1.82, 2.24) is 0 Å². The van der Waals surface area contributed by atoms with Gasteiger partial charge in [0.2, 0.25) is 0 Å². The normalized spacial score (nSPS) is 17.5. The van der Waals surface area contributed by atoms with E-state index in [2.05, 4.69) is 96.9 Å². The Morgan fingerprint density at radius 3 is 2.32 bits per heavy atom. The van der Waals surface area contributed by atoms with Crippen LogP contribution in [0.25, 0.3) is 5.32 Å². The number of halogens is 2. The van der Waals surface area contributed by atoms with Crippen LogP contribution >= 0.6 is 28.5 Å². The Hall–Kier alpha value is -0.476.